The Hall–Kier alpha value is -3.86. The van der Waals surface area contributed by atoms with Gasteiger partial charge in [-0.3, -0.25) is 9.89 Å². The molecule has 2 N–H and O–H groups in total. The van der Waals surface area contributed by atoms with Crippen LogP contribution < -0.4 is 10.1 Å². The van der Waals surface area contributed by atoms with Crippen LogP contribution in [-0.4, -0.2) is 16.1 Å². The molecular weight excluding hydrogens is 350 g/mol. The van der Waals surface area contributed by atoms with Crippen LogP contribution in [0.15, 0.2) is 91.3 Å². The van der Waals surface area contributed by atoms with E-state index in [-0.39, 0.29) is 5.91 Å². The third kappa shape index (κ3) is 4.10. The summed E-state index contributed by atoms with van der Waals surface area (Å²) in [5, 5.41) is 9.71. The molecule has 0 spiro atoms. The number of carbonyl (C=O) groups is 1. The van der Waals surface area contributed by atoms with Gasteiger partial charge < -0.3 is 10.1 Å². The van der Waals surface area contributed by atoms with Crippen LogP contribution in [0.3, 0.4) is 0 Å². The normalized spacial score (nSPS) is 10.4. The van der Waals surface area contributed by atoms with Gasteiger partial charge in [0.15, 0.2) is 0 Å². The zero-order valence-electron chi connectivity index (χ0n) is 15.1. The molecule has 138 valence electrons. The number of carbonyl (C=O) groups excluding carboxylic acids is 1. The van der Waals surface area contributed by atoms with Crippen LogP contribution >= 0.6 is 0 Å². The van der Waals surface area contributed by atoms with Gasteiger partial charge in [-0.25, -0.2) is 0 Å². The summed E-state index contributed by atoms with van der Waals surface area (Å²) >= 11 is 0. The molecule has 5 nitrogen and oxygen atoms in total. The first-order valence-corrected chi connectivity index (χ1v) is 8.96. The Morgan fingerprint density at radius 3 is 2.39 bits per heavy atom. The third-order valence-electron chi connectivity index (χ3n) is 4.33. The second kappa shape index (κ2) is 8.22. The predicted molar refractivity (Wildman–Crippen MR) is 109 cm³/mol. The minimum atomic E-state index is -0.215. The van der Waals surface area contributed by atoms with Gasteiger partial charge in [-0.2, -0.15) is 5.10 Å². The van der Waals surface area contributed by atoms with Crippen molar-refractivity contribution in [3.63, 3.8) is 0 Å². The molecule has 0 unspecified atom stereocenters. The molecule has 0 saturated carbocycles. The quantitative estimate of drug-likeness (QED) is 0.507. The van der Waals surface area contributed by atoms with Gasteiger partial charge >= 0.3 is 0 Å². The average molecular weight is 369 g/mol. The van der Waals surface area contributed by atoms with Crippen molar-refractivity contribution in [3.05, 3.63) is 102 Å². The van der Waals surface area contributed by atoms with Gasteiger partial charge in [-0.05, 0) is 35.4 Å². The Kier molecular flexibility index (Phi) is 5.15. The van der Waals surface area contributed by atoms with Gasteiger partial charge in [-0.15, -0.1) is 0 Å². The maximum atomic E-state index is 12.8. The lowest BCUT2D eigenvalue weighted by molar-refractivity contribution is 0.102. The molecule has 1 aromatic heterocycles. The fourth-order valence-corrected chi connectivity index (χ4v) is 2.87. The number of anilines is 1. The molecular formula is C23H19N3O2. The van der Waals surface area contributed by atoms with E-state index >= 15 is 0 Å². The zero-order chi connectivity index (χ0) is 19.2. The van der Waals surface area contributed by atoms with Gasteiger partial charge in [0, 0.05) is 17.4 Å². The summed E-state index contributed by atoms with van der Waals surface area (Å²) in [6.07, 6.45) is 3.54. The Balaban J connectivity index is 1.63. The van der Waals surface area contributed by atoms with Crippen molar-refractivity contribution in [1.82, 2.24) is 10.2 Å². The first-order valence-electron chi connectivity index (χ1n) is 8.96. The van der Waals surface area contributed by atoms with Crippen LogP contribution in [0.4, 0.5) is 5.69 Å². The molecule has 3 aromatic carbocycles. The van der Waals surface area contributed by atoms with Gasteiger partial charge in [0.05, 0.1) is 11.8 Å². The standard InChI is InChI=1S/C23H19N3O2/c27-23(26-20-9-5-2-6-10-20)21-12-11-18(19-14-24-25-15-19)13-22(21)28-16-17-7-3-1-4-8-17/h1-15H,16H2,(H,24,25)(H,26,27). The van der Waals surface area contributed by atoms with E-state index in [1.54, 1.807) is 18.5 Å². The number of aromatic amines is 1. The highest BCUT2D eigenvalue weighted by Crippen LogP contribution is 2.28. The molecule has 0 fully saturated rings. The summed E-state index contributed by atoms with van der Waals surface area (Å²) in [7, 11) is 0. The number of benzene rings is 3. The van der Waals surface area contributed by atoms with Crippen LogP contribution in [0.25, 0.3) is 11.1 Å². The summed E-state index contributed by atoms with van der Waals surface area (Å²) in [6, 6.07) is 24.8. The van der Waals surface area contributed by atoms with Crippen LogP contribution in [0, 0.1) is 0 Å². The number of nitrogens with one attached hydrogen (secondary N) is 2. The minimum Gasteiger partial charge on any atom is -0.488 e. The molecule has 1 heterocycles. The summed E-state index contributed by atoms with van der Waals surface area (Å²) in [5.74, 6) is 0.309. The largest absolute Gasteiger partial charge is 0.488 e. The van der Waals surface area contributed by atoms with Crippen LogP contribution in [-0.2, 0) is 6.61 Å². The monoisotopic (exact) mass is 369 g/mol. The van der Waals surface area contributed by atoms with E-state index in [4.69, 9.17) is 4.74 Å². The van der Waals surface area contributed by atoms with Gasteiger partial charge in [0.25, 0.3) is 5.91 Å². The summed E-state index contributed by atoms with van der Waals surface area (Å²) < 4.78 is 6.03. The number of aromatic nitrogens is 2. The predicted octanol–water partition coefficient (Wildman–Crippen LogP) is 4.91. The fourth-order valence-electron chi connectivity index (χ4n) is 2.87. The number of ether oxygens (including phenoxy) is 1. The van der Waals surface area contributed by atoms with Gasteiger partial charge in [0.1, 0.15) is 12.4 Å². The Labute approximate surface area is 163 Å². The van der Waals surface area contributed by atoms with E-state index < -0.39 is 0 Å². The smallest absolute Gasteiger partial charge is 0.259 e. The molecule has 4 rings (SSSR count). The molecule has 0 saturated heterocycles. The van der Waals surface area contributed by atoms with Crippen molar-refractivity contribution in [2.24, 2.45) is 0 Å². The fraction of sp³-hybridized carbons (Fsp3) is 0.0435. The van der Waals surface area contributed by atoms with Gasteiger partial charge in [0.2, 0.25) is 0 Å². The molecule has 0 aliphatic carbocycles. The number of para-hydroxylation sites is 1. The van der Waals surface area contributed by atoms with Crippen molar-refractivity contribution < 1.29 is 9.53 Å². The number of rotatable bonds is 6. The van der Waals surface area contributed by atoms with Crippen molar-refractivity contribution in [2.45, 2.75) is 6.61 Å². The van der Waals surface area contributed by atoms with E-state index in [9.17, 15) is 4.79 Å². The SMILES string of the molecule is O=C(Nc1ccccc1)c1ccc(-c2cn[nH]c2)cc1OCc1ccccc1. The number of amides is 1. The summed E-state index contributed by atoms with van der Waals surface area (Å²) in [4.78, 5) is 12.8. The Bertz CT molecular complexity index is 1050. The molecule has 4 aromatic rings. The Morgan fingerprint density at radius 2 is 1.68 bits per heavy atom. The van der Waals surface area contributed by atoms with Crippen molar-refractivity contribution >= 4 is 11.6 Å². The first-order chi connectivity index (χ1) is 13.8. The lowest BCUT2D eigenvalue weighted by Gasteiger charge is -2.13. The molecule has 0 aliphatic heterocycles. The number of hydrogen-bond donors (Lipinski definition) is 2. The molecule has 0 atom stereocenters. The average Bonchev–Trinajstić information content (AvgIpc) is 3.28. The van der Waals surface area contributed by atoms with E-state index in [2.05, 4.69) is 15.5 Å². The maximum absolute atomic E-state index is 12.8. The minimum absolute atomic E-state index is 0.215. The summed E-state index contributed by atoms with van der Waals surface area (Å²) in [5.41, 5.74) is 4.10. The molecule has 28 heavy (non-hydrogen) atoms. The molecule has 0 aliphatic rings. The lowest BCUT2D eigenvalue weighted by Crippen LogP contribution is -2.13. The molecule has 1 amide bonds. The third-order valence-corrected chi connectivity index (χ3v) is 4.33. The lowest BCUT2D eigenvalue weighted by atomic mass is 10.1. The van der Waals surface area contributed by atoms with Crippen molar-refractivity contribution in [3.8, 4) is 16.9 Å². The zero-order valence-corrected chi connectivity index (χ0v) is 15.1. The summed E-state index contributed by atoms with van der Waals surface area (Å²) in [6.45, 7) is 0.376. The number of H-pyrrole nitrogens is 1. The van der Waals surface area contributed by atoms with E-state index in [0.717, 1.165) is 22.4 Å². The maximum Gasteiger partial charge on any atom is 0.259 e. The van der Waals surface area contributed by atoms with Crippen LogP contribution in [0.1, 0.15) is 15.9 Å². The molecule has 0 bridgehead atoms. The highest BCUT2D eigenvalue weighted by Gasteiger charge is 2.15. The second-order valence-electron chi connectivity index (χ2n) is 6.29. The van der Waals surface area contributed by atoms with E-state index in [1.807, 2.05) is 72.8 Å². The van der Waals surface area contributed by atoms with Crippen LogP contribution in [0.5, 0.6) is 5.75 Å². The number of nitrogens with zero attached hydrogens (tertiary/aromatic N) is 1. The number of hydrogen-bond acceptors (Lipinski definition) is 3. The molecule has 0 radical (unpaired) electrons. The van der Waals surface area contributed by atoms with E-state index in [0.29, 0.717) is 17.9 Å². The Morgan fingerprint density at radius 1 is 0.929 bits per heavy atom. The van der Waals surface area contributed by atoms with Crippen molar-refractivity contribution in [1.29, 1.82) is 0 Å². The highest BCUT2D eigenvalue weighted by molar-refractivity contribution is 6.06. The second-order valence-corrected chi connectivity index (χ2v) is 6.29. The van der Waals surface area contributed by atoms with Gasteiger partial charge in [-0.1, -0.05) is 54.6 Å². The molecule has 5 heteroatoms. The first kappa shape index (κ1) is 17.5. The van der Waals surface area contributed by atoms with Crippen molar-refractivity contribution in [2.75, 3.05) is 5.32 Å². The van der Waals surface area contributed by atoms with E-state index in [1.165, 1.54) is 0 Å². The van der Waals surface area contributed by atoms with Crippen LogP contribution in [0.2, 0.25) is 0 Å². The topological polar surface area (TPSA) is 67.0 Å². The highest BCUT2D eigenvalue weighted by atomic mass is 16.5.